The lowest BCUT2D eigenvalue weighted by Crippen LogP contribution is -2.12. The summed E-state index contributed by atoms with van der Waals surface area (Å²) in [4.78, 5) is 13.8. The Labute approximate surface area is 192 Å². The minimum Gasteiger partial charge on any atom is -0.322 e. The molecule has 0 radical (unpaired) electrons. The highest BCUT2D eigenvalue weighted by Crippen LogP contribution is 2.27. The lowest BCUT2D eigenvalue weighted by atomic mass is 10.0. The van der Waals surface area contributed by atoms with Gasteiger partial charge in [0, 0.05) is 18.8 Å². The van der Waals surface area contributed by atoms with E-state index in [9.17, 15) is 10.1 Å². The van der Waals surface area contributed by atoms with E-state index in [2.05, 4.69) is 42.2 Å². The lowest BCUT2D eigenvalue weighted by Gasteiger charge is -2.08. The quantitative estimate of drug-likeness (QED) is 0.330. The molecule has 2 N–H and O–H groups in total. The summed E-state index contributed by atoms with van der Waals surface area (Å²) in [7, 11) is 0. The van der Waals surface area contributed by atoms with Gasteiger partial charge in [-0.3, -0.25) is 10.1 Å². The molecule has 0 saturated heterocycles. The first-order valence-electron chi connectivity index (χ1n) is 11.2. The molecular formula is C25H41N3O2S. The van der Waals surface area contributed by atoms with Gasteiger partial charge in [-0.25, -0.2) is 4.98 Å². The zero-order chi connectivity index (χ0) is 24.4. The van der Waals surface area contributed by atoms with E-state index in [1.165, 1.54) is 15.8 Å². The fourth-order valence-electron chi connectivity index (χ4n) is 2.23. The Balaban J connectivity index is 0. The van der Waals surface area contributed by atoms with Crippen LogP contribution in [0.4, 0.5) is 0 Å². The minimum absolute atomic E-state index is 0.0285. The SMILES string of the molecule is CC.CC.CC.CC(C)[N+](=O)[O-].Cc1cccc(CC(N)c2nc3ccccc3s2)c1. The maximum Gasteiger partial charge on any atom is 0.207 e. The van der Waals surface area contributed by atoms with Crippen molar-refractivity contribution in [1.29, 1.82) is 0 Å². The third-order valence-electron chi connectivity index (χ3n) is 3.59. The number of thiazole rings is 1. The smallest absolute Gasteiger partial charge is 0.207 e. The summed E-state index contributed by atoms with van der Waals surface area (Å²) < 4.78 is 1.21. The van der Waals surface area contributed by atoms with Gasteiger partial charge >= 0.3 is 0 Å². The van der Waals surface area contributed by atoms with E-state index in [4.69, 9.17) is 5.73 Å². The molecule has 3 aromatic rings. The van der Waals surface area contributed by atoms with Crippen LogP contribution in [-0.4, -0.2) is 15.9 Å². The molecule has 6 heteroatoms. The van der Waals surface area contributed by atoms with Crippen molar-refractivity contribution in [3.8, 4) is 0 Å². The highest BCUT2D eigenvalue weighted by atomic mass is 32.1. The largest absolute Gasteiger partial charge is 0.322 e. The first kappa shape index (κ1) is 30.9. The van der Waals surface area contributed by atoms with Gasteiger partial charge in [0.1, 0.15) is 5.01 Å². The fraction of sp³-hybridized carbons (Fsp3) is 0.480. The highest BCUT2D eigenvalue weighted by molar-refractivity contribution is 7.18. The molecule has 0 bridgehead atoms. The van der Waals surface area contributed by atoms with Crippen LogP contribution < -0.4 is 5.73 Å². The number of fused-ring (bicyclic) bond motifs is 1. The molecular weight excluding hydrogens is 406 g/mol. The number of nitrogens with zero attached hydrogens (tertiary/aromatic N) is 2. The van der Waals surface area contributed by atoms with Crippen LogP contribution in [0.15, 0.2) is 48.5 Å². The lowest BCUT2D eigenvalue weighted by molar-refractivity contribution is -0.513. The maximum absolute atomic E-state index is 9.50. The van der Waals surface area contributed by atoms with Gasteiger partial charge in [-0.1, -0.05) is 83.5 Å². The van der Waals surface area contributed by atoms with E-state index in [-0.39, 0.29) is 11.0 Å². The van der Waals surface area contributed by atoms with E-state index in [0.29, 0.717) is 0 Å². The number of nitrogens with two attached hydrogens (primary N) is 1. The summed E-state index contributed by atoms with van der Waals surface area (Å²) >= 11 is 1.69. The van der Waals surface area contributed by atoms with Crippen molar-refractivity contribution in [2.24, 2.45) is 5.73 Å². The molecule has 3 rings (SSSR count). The Kier molecular flexibility index (Phi) is 18.4. The highest BCUT2D eigenvalue weighted by Gasteiger charge is 2.12. The van der Waals surface area contributed by atoms with Crippen molar-refractivity contribution in [2.75, 3.05) is 0 Å². The number of hydrogen-bond donors (Lipinski definition) is 1. The van der Waals surface area contributed by atoms with Gasteiger partial charge in [0.05, 0.1) is 16.3 Å². The van der Waals surface area contributed by atoms with Gasteiger partial charge in [0.15, 0.2) is 0 Å². The first-order valence-corrected chi connectivity index (χ1v) is 12.0. The molecule has 0 amide bonds. The second-order valence-electron chi connectivity index (χ2n) is 6.20. The van der Waals surface area contributed by atoms with Crippen LogP contribution in [0.1, 0.15) is 77.6 Å². The van der Waals surface area contributed by atoms with Crippen molar-refractivity contribution in [1.82, 2.24) is 4.98 Å². The zero-order valence-electron chi connectivity index (χ0n) is 20.7. The third kappa shape index (κ3) is 12.2. The number of rotatable bonds is 4. The van der Waals surface area contributed by atoms with Crippen LogP contribution in [0.25, 0.3) is 10.2 Å². The molecule has 0 aliphatic rings. The number of nitro groups is 1. The van der Waals surface area contributed by atoms with Crippen molar-refractivity contribution in [3.05, 3.63) is 74.8 Å². The molecule has 174 valence electrons. The van der Waals surface area contributed by atoms with E-state index in [1.807, 2.05) is 59.7 Å². The molecule has 0 aliphatic heterocycles. The average Bonchev–Trinajstić information content (AvgIpc) is 3.23. The normalized spacial score (nSPS) is 10.2. The van der Waals surface area contributed by atoms with E-state index in [1.54, 1.807) is 25.2 Å². The summed E-state index contributed by atoms with van der Waals surface area (Å²) in [6, 6.07) is 16.2. The number of benzene rings is 2. The summed E-state index contributed by atoms with van der Waals surface area (Å²) in [6.07, 6.45) is 0.835. The molecule has 5 nitrogen and oxygen atoms in total. The van der Waals surface area contributed by atoms with Crippen molar-refractivity contribution >= 4 is 21.6 Å². The van der Waals surface area contributed by atoms with Crippen LogP contribution in [0.3, 0.4) is 0 Å². The molecule has 31 heavy (non-hydrogen) atoms. The van der Waals surface area contributed by atoms with Crippen LogP contribution in [0, 0.1) is 17.0 Å². The molecule has 0 fully saturated rings. The Morgan fingerprint density at radius 2 is 1.55 bits per heavy atom. The van der Waals surface area contributed by atoms with Gasteiger partial charge in [-0.05, 0) is 31.0 Å². The fourth-order valence-corrected chi connectivity index (χ4v) is 3.20. The summed E-state index contributed by atoms with van der Waals surface area (Å²) in [5.41, 5.74) is 9.87. The van der Waals surface area contributed by atoms with Crippen LogP contribution in [-0.2, 0) is 6.42 Å². The Hall–Kier alpha value is -2.31. The molecule has 0 aliphatic carbocycles. The summed E-state index contributed by atoms with van der Waals surface area (Å²) in [5.74, 6) is 0. The van der Waals surface area contributed by atoms with Crippen LogP contribution in [0.5, 0.6) is 0 Å². The molecule has 0 saturated carbocycles. The van der Waals surface area contributed by atoms with Crippen LogP contribution in [0.2, 0.25) is 0 Å². The minimum atomic E-state index is -0.426. The predicted molar refractivity (Wildman–Crippen MR) is 138 cm³/mol. The van der Waals surface area contributed by atoms with Gasteiger partial charge in [-0.2, -0.15) is 0 Å². The molecule has 1 heterocycles. The van der Waals surface area contributed by atoms with E-state index < -0.39 is 6.04 Å². The second kappa shape index (κ2) is 18.5. The van der Waals surface area contributed by atoms with Gasteiger partial charge in [0.2, 0.25) is 6.04 Å². The maximum atomic E-state index is 9.50. The molecule has 2 aromatic carbocycles. The number of para-hydroxylation sites is 1. The molecule has 0 spiro atoms. The number of hydrogen-bond acceptors (Lipinski definition) is 5. The summed E-state index contributed by atoms with van der Waals surface area (Å²) in [6.45, 7) is 17.2. The van der Waals surface area contributed by atoms with Crippen molar-refractivity contribution in [2.45, 2.75) is 80.8 Å². The topological polar surface area (TPSA) is 82.0 Å². The molecule has 1 unspecified atom stereocenters. The average molecular weight is 448 g/mol. The third-order valence-corrected chi connectivity index (χ3v) is 4.76. The van der Waals surface area contributed by atoms with Gasteiger partial charge < -0.3 is 5.73 Å². The van der Waals surface area contributed by atoms with Gasteiger partial charge in [0.25, 0.3) is 0 Å². The van der Waals surface area contributed by atoms with E-state index in [0.717, 1.165) is 16.9 Å². The van der Waals surface area contributed by atoms with Crippen LogP contribution >= 0.6 is 11.3 Å². The number of aryl methyl sites for hydroxylation is 1. The number of aromatic nitrogens is 1. The Morgan fingerprint density at radius 3 is 2.03 bits per heavy atom. The summed E-state index contributed by atoms with van der Waals surface area (Å²) in [5, 5.41) is 10.5. The van der Waals surface area contributed by atoms with Crippen molar-refractivity contribution < 1.29 is 4.92 Å². The standard InChI is InChI=1S/C16H16N2S.C3H7NO2.3C2H6/c1-11-5-4-6-12(9-11)10-13(17)16-18-14-7-2-3-8-15(14)19-16;1-3(2)4(5)6;3*1-2/h2-9,13H,10,17H2,1H3;3H,1-2H3;3*1-2H3. The first-order chi connectivity index (χ1) is 14.9. The van der Waals surface area contributed by atoms with Crippen molar-refractivity contribution in [3.63, 3.8) is 0 Å². The Bertz CT molecular complexity index is 814. The predicted octanol–water partition coefficient (Wildman–Crippen LogP) is 7.60. The Morgan fingerprint density at radius 1 is 1.00 bits per heavy atom. The molecule has 1 aromatic heterocycles. The van der Waals surface area contributed by atoms with Gasteiger partial charge in [-0.15, -0.1) is 11.3 Å². The monoisotopic (exact) mass is 447 g/mol. The second-order valence-corrected chi connectivity index (χ2v) is 7.26. The zero-order valence-corrected chi connectivity index (χ0v) is 21.5. The van der Waals surface area contributed by atoms with E-state index >= 15 is 0 Å². The molecule has 1 atom stereocenters.